The lowest BCUT2D eigenvalue weighted by Gasteiger charge is -2.22. The highest BCUT2D eigenvalue weighted by Gasteiger charge is 2.28. The lowest BCUT2D eigenvalue weighted by molar-refractivity contribution is -0.157. The molecule has 0 aliphatic carbocycles. The molecule has 32 heavy (non-hydrogen) atoms. The van der Waals surface area contributed by atoms with Crippen molar-refractivity contribution in [3.63, 3.8) is 0 Å². The molecule has 0 spiro atoms. The van der Waals surface area contributed by atoms with E-state index in [4.69, 9.17) is 20.9 Å². The lowest BCUT2D eigenvalue weighted by atomic mass is 10.0. The van der Waals surface area contributed by atoms with Gasteiger partial charge in [-0.1, -0.05) is 24.1 Å². The largest absolute Gasteiger partial charge is 0.481 e. The summed E-state index contributed by atoms with van der Waals surface area (Å²) in [7, 11) is 2.47. The van der Waals surface area contributed by atoms with Crippen LogP contribution in [0.25, 0.3) is 20.9 Å². The Morgan fingerprint density at radius 3 is 1.53 bits per heavy atom. The predicted octanol–water partition coefficient (Wildman–Crippen LogP) is 3.16. The zero-order valence-electron chi connectivity index (χ0n) is 19.2. The number of rotatable bonds is 10. The van der Waals surface area contributed by atoms with Crippen molar-refractivity contribution in [2.24, 2.45) is 22.1 Å². The molecule has 0 amide bonds. The van der Waals surface area contributed by atoms with E-state index < -0.39 is 53.4 Å². The van der Waals surface area contributed by atoms with Gasteiger partial charge in [0.05, 0.1) is 26.1 Å². The van der Waals surface area contributed by atoms with Gasteiger partial charge in [0.1, 0.15) is 17.7 Å². The number of aliphatic carboxylic acids is 1. The summed E-state index contributed by atoms with van der Waals surface area (Å²) in [6, 6.07) is -2.25. The third-order valence-electron chi connectivity index (χ3n) is 3.71. The number of nitrogens with zero attached hydrogens (tertiary/aromatic N) is 6. The normalized spacial score (nSPS) is 13.8. The van der Waals surface area contributed by atoms with Crippen molar-refractivity contribution in [3.8, 4) is 0 Å². The monoisotopic (exact) mass is 458 g/mol. The number of methoxy groups -OCH3 is 2. The molecular weight excluding hydrogens is 428 g/mol. The molecule has 0 saturated carbocycles. The van der Waals surface area contributed by atoms with Crippen molar-refractivity contribution in [3.05, 3.63) is 20.9 Å². The van der Waals surface area contributed by atoms with Gasteiger partial charge in [0.25, 0.3) is 0 Å². The fraction of sp³-hybridized carbons (Fsp3) is 0.778. The fourth-order valence-corrected chi connectivity index (χ4v) is 2.15. The Morgan fingerprint density at radius 1 is 0.844 bits per heavy atom. The Balaban J connectivity index is 0. The second kappa shape index (κ2) is 15.3. The Bertz CT molecular complexity index is 751. The number of carboxylic acids is 1. The summed E-state index contributed by atoms with van der Waals surface area (Å²) in [5.41, 5.74) is 15.8. The summed E-state index contributed by atoms with van der Waals surface area (Å²) in [6.07, 6.45) is -0.00227. The van der Waals surface area contributed by atoms with Gasteiger partial charge in [0, 0.05) is 9.82 Å². The maximum absolute atomic E-state index is 11.8. The SMILES string of the molecule is COC(=O)C(C)CC(N=[N+]=[N-])C(=O)O.COC(=O)C(C)CC(N=[N+]=[N-])C(=O)OC(C)(C)C. The molecule has 0 radical (unpaired) electrons. The molecule has 0 rings (SSSR count). The minimum absolute atomic E-state index is 0.0612. The molecule has 14 heteroatoms. The first-order valence-electron chi connectivity index (χ1n) is 9.43. The van der Waals surface area contributed by atoms with Crippen molar-refractivity contribution < 1.29 is 38.5 Å². The van der Waals surface area contributed by atoms with Gasteiger partial charge in [0.15, 0.2) is 0 Å². The van der Waals surface area contributed by atoms with Gasteiger partial charge < -0.3 is 19.3 Å². The molecule has 0 aliphatic rings. The van der Waals surface area contributed by atoms with E-state index in [9.17, 15) is 19.2 Å². The molecule has 0 aromatic carbocycles. The average molecular weight is 458 g/mol. The number of azide groups is 2. The van der Waals surface area contributed by atoms with Crippen LogP contribution in [0.3, 0.4) is 0 Å². The lowest BCUT2D eigenvalue weighted by Crippen LogP contribution is -2.32. The van der Waals surface area contributed by atoms with Crippen LogP contribution in [-0.2, 0) is 33.4 Å². The summed E-state index contributed by atoms with van der Waals surface area (Å²) < 4.78 is 14.1. The average Bonchev–Trinajstić information content (AvgIpc) is 2.70. The first-order valence-corrected chi connectivity index (χ1v) is 9.43. The minimum Gasteiger partial charge on any atom is -0.481 e. The molecule has 14 nitrogen and oxygen atoms in total. The first kappa shape index (κ1) is 30.7. The Hall–Kier alpha value is -3.50. The van der Waals surface area contributed by atoms with Gasteiger partial charge in [-0.15, -0.1) is 0 Å². The topological polar surface area (TPSA) is 214 Å². The van der Waals surface area contributed by atoms with Crippen LogP contribution in [0.1, 0.15) is 47.5 Å². The number of hydrogen-bond donors (Lipinski definition) is 1. The summed E-state index contributed by atoms with van der Waals surface area (Å²) in [6.45, 7) is 8.23. The Labute approximate surface area is 185 Å². The van der Waals surface area contributed by atoms with Crippen LogP contribution in [0.15, 0.2) is 10.2 Å². The van der Waals surface area contributed by atoms with Gasteiger partial charge in [-0.05, 0) is 44.7 Å². The summed E-state index contributed by atoms with van der Waals surface area (Å²) in [4.78, 5) is 49.4. The summed E-state index contributed by atoms with van der Waals surface area (Å²) in [5.74, 6) is -4.03. The van der Waals surface area contributed by atoms with Gasteiger partial charge in [-0.3, -0.25) is 19.2 Å². The molecule has 0 aromatic heterocycles. The molecule has 0 heterocycles. The van der Waals surface area contributed by atoms with Crippen LogP contribution in [-0.4, -0.2) is 60.9 Å². The zero-order valence-corrected chi connectivity index (χ0v) is 19.2. The number of carbonyl (C=O) groups is 4. The van der Waals surface area contributed by atoms with Crippen LogP contribution >= 0.6 is 0 Å². The molecule has 0 saturated heterocycles. The van der Waals surface area contributed by atoms with Gasteiger partial charge in [0.2, 0.25) is 0 Å². The third-order valence-corrected chi connectivity index (χ3v) is 3.71. The molecule has 0 aliphatic heterocycles. The van der Waals surface area contributed by atoms with Crippen molar-refractivity contribution in [2.45, 2.75) is 65.1 Å². The third kappa shape index (κ3) is 13.7. The van der Waals surface area contributed by atoms with E-state index >= 15 is 0 Å². The number of esters is 3. The van der Waals surface area contributed by atoms with Crippen LogP contribution in [0, 0.1) is 11.8 Å². The standard InChI is InChI=1S/C11H19N3O4.C7H11N3O4/c1-7(9(15)17-5)6-8(13-14-12)10(16)18-11(2,3)4;1-4(7(13)14-2)3-5(6(11)12)9-10-8/h7-8H,6H2,1-5H3;4-5H,3H2,1-2H3,(H,11,12). The molecule has 1 N–H and O–H groups in total. The highest BCUT2D eigenvalue weighted by molar-refractivity contribution is 5.78. The van der Waals surface area contributed by atoms with Crippen LogP contribution in [0.2, 0.25) is 0 Å². The summed E-state index contributed by atoms with van der Waals surface area (Å²) in [5, 5.41) is 15.0. The summed E-state index contributed by atoms with van der Waals surface area (Å²) >= 11 is 0. The Kier molecular flexibility index (Phi) is 14.7. The van der Waals surface area contributed by atoms with E-state index in [1.54, 1.807) is 27.7 Å². The van der Waals surface area contributed by atoms with Crippen LogP contribution in [0.4, 0.5) is 0 Å². The molecule has 0 bridgehead atoms. The first-order chi connectivity index (χ1) is 14.7. The van der Waals surface area contributed by atoms with Crippen molar-refractivity contribution in [1.82, 2.24) is 0 Å². The maximum Gasteiger partial charge on any atom is 0.315 e. The zero-order chi connectivity index (χ0) is 25.5. The predicted molar refractivity (Wildman–Crippen MR) is 111 cm³/mol. The van der Waals surface area contributed by atoms with E-state index in [0.717, 1.165) is 0 Å². The molecular formula is C18H30N6O8. The van der Waals surface area contributed by atoms with Gasteiger partial charge in [-0.2, -0.15) is 0 Å². The highest BCUT2D eigenvalue weighted by atomic mass is 16.6. The minimum atomic E-state index is -1.25. The number of hydrogen-bond acceptors (Lipinski definition) is 9. The van der Waals surface area contributed by atoms with Crippen LogP contribution < -0.4 is 0 Å². The highest BCUT2D eigenvalue weighted by Crippen LogP contribution is 2.16. The number of ether oxygens (including phenoxy) is 3. The van der Waals surface area contributed by atoms with E-state index in [0.29, 0.717) is 0 Å². The molecule has 4 atom stereocenters. The second-order valence-electron chi connectivity index (χ2n) is 7.63. The number of carboxylic acid groups (broad SMARTS) is 1. The molecule has 0 aromatic rings. The second-order valence-corrected chi connectivity index (χ2v) is 7.63. The molecule has 180 valence electrons. The van der Waals surface area contributed by atoms with Crippen molar-refractivity contribution in [1.29, 1.82) is 0 Å². The van der Waals surface area contributed by atoms with E-state index in [-0.39, 0.29) is 12.8 Å². The van der Waals surface area contributed by atoms with Crippen molar-refractivity contribution in [2.75, 3.05) is 14.2 Å². The molecule has 4 unspecified atom stereocenters. The van der Waals surface area contributed by atoms with Gasteiger partial charge >= 0.3 is 23.9 Å². The van der Waals surface area contributed by atoms with Crippen molar-refractivity contribution >= 4 is 23.9 Å². The van der Waals surface area contributed by atoms with E-state index in [1.165, 1.54) is 21.1 Å². The van der Waals surface area contributed by atoms with Gasteiger partial charge in [-0.25, -0.2) is 0 Å². The maximum atomic E-state index is 11.8. The van der Waals surface area contributed by atoms with E-state index in [1.807, 2.05) is 0 Å². The smallest absolute Gasteiger partial charge is 0.315 e. The fourth-order valence-electron chi connectivity index (χ4n) is 2.15. The molecule has 0 fully saturated rings. The van der Waals surface area contributed by atoms with Crippen LogP contribution in [0.5, 0.6) is 0 Å². The van der Waals surface area contributed by atoms with E-state index in [2.05, 4.69) is 29.5 Å². The number of carbonyl (C=O) groups excluding carboxylic acids is 3. The quantitative estimate of drug-likeness (QED) is 0.168. The Morgan fingerprint density at radius 2 is 1.22 bits per heavy atom.